The third-order valence-electron chi connectivity index (χ3n) is 5.08. The molecule has 1 unspecified atom stereocenters. The average Bonchev–Trinajstić information content (AvgIpc) is 3.35. The van der Waals surface area contributed by atoms with Gasteiger partial charge in [0.05, 0.1) is 18.9 Å². The van der Waals surface area contributed by atoms with Crippen molar-refractivity contribution in [3.63, 3.8) is 0 Å². The van der Waals surface area contributed by atoms with Crippen molar-refractivity contribution in [1.82, 2.24) is 30.6 Å². The van der Waals surface area contributed by atoms with E-state index in [1.807, 2.05) is 0 Å². The van der Waals surface area contributed by atoms with Crippen molar-refractivity contribution in [3.8, 4) is 11.7 Å². The van der Waals surface area contributed by atoms with Crippen LogP contribution in [0.3, 0.4) is 0 Å². The molecule has 0 aliphatic carbocycles. The topological polar surface area (TPSA) is 140 Å². The van der Waals surface area contributed by atoms with Crippen LogP contribution >= 0.6 is 0 Å². The van der Waals surface area contributed by atoms with Gasteiger partial charge in [0.1, 0.15) is 5.54 Å². The number of methoxy groups -OCH3 is 1. The smallest absolute Gasteiger partial charge is 0.434 e. The number of aromatic nitrogens is 4. The molecule has 4 amide bonds. The standard InChI is InChI=1S/C20H16F3N7O4/c1-19(17(32)26-18(33)27-19)10-4-3-5-11(8-10)25-16(31)12-9-24-30(15(12)20(21,22)23)13-6-7-14(34-2)29-28-13/h3-9H,1-2H3,(H,25,31)(H2,26,27,32,33). The highest BCUT2D eigenvalue weighted by Crippen LogP contribution is 2.34. The first kappa shape index (κ1) is 22.7. The molecule has 2 aromatic heterocycles. The van der Waals surface area contributed by atoms with Crippen LogP contribution in [0.4, 0.5) is 23.7 Å². The second-order valence-corrected chi connectivity index (χ2v) is 7.32. The lowest BCUT2D eigenvalue weighted by Crippen LogP contribution is -2.40. The number of imide groups is 1. The molecule has 0 saturated carbocycles. The van der Waals surface area contributed by atoms with Crippen LogP contribution in [0.25, 0.3) is 5.82 Å². The fraction of sp³-hybridized carbons (Fsp3) is 0.200. The highest BCUT2D eigenvalue weighted by Gasteiger charge is 2.44. The number of anilines is 1. The molecule has 11 nitrogen and oxygen atoms in total. The van der Waals surface area contributed by atoms with Crippen LogP contribution in [0.2, 0.25) is 0 Å². The molecule has 3 N–H and O–H groups in total. The van der Waals surface area contributed by atoms with E-state index < -0.39 is 40.8 Å². The Bertz CT molecular complexity index is 1290. The van der Waals surface area contributed by atoms with Crippen molar-refractivity contribution in [2.45, 2.75) is 18.6 Å². The zero-order chi connectivity index (χ0) is 24.7. The molecular formula is C20H16F3N7O4. The lowest BCUT2D eigenvalue weighted by molar-refractivity contribution is -0.143. The highest BCUT2D eigenvalue weighted by atomic mass is 19.4. The number of rotatable bonds is 5. The quantitative estimate of drug-likeness (QED) is 0.480. The monoisotopic (exact) mass is 475 g/mol. The third kappa shape index (κ3) is 4.00. The number of amides is 4. The van der Waals surface area contributed by atoms with E-state index in [2.05, 4.69) is 31.2 Å². The molecule has 1 aliphatic heterocycles. The molecule has 1 aromatic carbocycles. The largest absolute Gasteiger partial charge is 0.480 e. The van der Waals surface area contributed by atoms with Gasteiger partial charge in [-0.1, -0.05) is 12.1 Å². The predicted molar refractivity (Wildman–Crippen MR) is 109 cm³/mol. The Labute approximate surface area is 189 Å². The maximum Gasteiger partial charge on any atom is 0.434 e. The second-order valence-electron chi connectivity index (χ2n) is 7.32. The van der Waals surface area contributed by atoms with Gasteiger partial charge in [0.15, 0.2) is 11.5 Å². The van der Waals surface area contributed by atoms with Crippen LogP contribution in [0.1, 0.15) is 28.5 Å². The van der Waals surface area contributed by atoms with E-state index in [0.717, 1.165) is 6.20 Å². The van der Waals surface area contributed by atoms with E-state index >= 15 is 0 Å². The molecule has 3 aromatic rings. The van der Waals surface area contributed by atoms with Gasteiger partial charge < -0.3 is 15.4 Å². The molecule has 176 valence electrons. The number of carbonyl (C=O) groups is 3. The molecule has 0 radical (unpaired) electrons. The SMILES string of the molecule is COc1ccc(-n2ncc(C(=O)Nc3cccc(C4(C)NC(=O)NC4=O)c3)c2C(F)(F)F)nn1. The summed E-state index contributed by atoms with van der Waals surface area (Å²) in [5.41, 5.74) is -3.10. The van der Waals surface area contributed by atoms with Gasteiger partial charge in [-0.2, -0.15) is 18.3 Å². The third-order valence-corrected chi connectivity index (χ3v) is 5.08. The van der Waals surface area contributed by atoms with E-state index in [-0.39, 0.29) is 17.4 Å². The molecule has 34 heavy (non-hydrogen) atoms. The molecule has 3 heterocycles. The van der Waals surface area contributed by atoms with Crippen molar-refractivity contribution < 1.29 is 32.3 Å². The highest BCUT2D eigenvalue weighted by molar-refractivity contribution is 6.08. The number of carbonyl (C=O) groups excluding carboxylic acids is 3. The minimum Gasteiger partial charge on any atom is -0.480 e. The van der Waals surface area contributed by atoms with Gasteiger partial charge in [-0.15, -0.1) is 10.2 Å². The second kappa shape index (κ2) is 8.13. The van der Waals surface area contributed by atoms with E-state index in [4.69, 9.17) is 4.74 Å². The summed E-state index contributed by atoms with van der Waals surface area (Å²) in [5, 5.41) is 17.9. The number of ether oxygens (including phenoxy) is 1. The molecular weight excluding hydrogens is 459 g/mol. The summed E-state index contributed by atoms with van der Waals surface area (Å²) in [4.78, 5) is 36.5. The van der Waals surface area contributed by atoms with E-state index in [1.54, 1.807) is 0 Å². The number of nitrogens with zero attached hydrogens (tertiary/aromatic N) is 4. The van der Waals surface area contributed by atoms with Gasteiger partial charge >= 0.3 is 12.2 Å². The maximum absolute atomic E-state index is 13.9. The van der Waals surface area contributed by atoms with Gasteiger partial charge in [0.2, 0.25) is 5.88 Å². The first-order chi connectivity index (χ1) is 16.0. The Kier molecular flexibility index (Phi) is 5.43. The van der Waals surface area contributed by atoms with Gasteiger partial charge in [0.25, 0.3) is 11.8 Å². The van der Waals surface area contributed by atoms with E-state index in [1.165, 1.54) is 50.4 Å². The Hall–Kier alpha value is -4.49. The van der Waals surface area contributed by atoms with Crippen LogP contribution in [0.5, 0.6) is 5.88 Å². The predicted octanol–water partition coefficient (Wildman–Crippen LogP) is 2.00. The number of alkyl halides is 3. The van der Waals surface area contributed by atoms with Crippen LogP contribution in [-0.2, 0) is 16.5 Å². The number of halogens is 3. The Morgan fingerprint density at radius 1 is 1.18 bits per heavy atom. The molecule has 14 heteroatoms. The Morgan fingerprint density at radius 2 is 1.94 bits per heavy atom. The minimum atomic E-state index is -4.95. The normalized spacial score (nSPS) is 17.8. The zero-order valence-corrected chi connectivity index (χ0v) is 17.6. The van der Waals surface area contributed by atoms with Gasteiger partial charge in [-0.25, -0.2) is 9.48 Å². The van der Waals surface area contributed by atoms with E-state index in [0.29, 0.717) is 10.2 Å². The van der Waals surface area contributed by atoms with Crippen molar-refractivity contribution >= 4 is 23.5 Å². The Morgan fingerprint density at radius 3 is 2.53 bits per heavy atom. The molecule has 1 aliphatic rings. The van der Waals surface area contributed by atoms with Crippen molar-refractivity contribution in [1.29, 1.82) is 0 Å². The number of urea groups is 1. The van der Waals surface area contributed by atoms with Gasteiger partial charge in [0, 0.05) is 11.8 Å². The number of benzene rings is 1. The molecule has 1 atom stereocenters. The first-order valence-electron chi connectivity index (χ1n) is 9.62. The summed E-state index contributed by atoms with van der Waals surface area (Å²) < 4.78 is 46.9. The average molecular weight is 475 g/mol. The van der Waals surface area contributed by atoms with Crippen LogP contribution < -0.4 is 20.7 Å². The summed E-state index contributed by atoms with van der Waals surface area (Å²) in [5.74, 6) is -1.89. The van der Waals surface area contributed by atoms with Crippen LogP contribution in [0, 0.1) is 0 Å². The Balaban J connectivity index is 1.66. The summed E-state index contributed by atoms with van der Waals surface area (Å²) >= 11 is 0. The van der Waals surface area contributed by atoms with Crippen molar-refractivity contribution in [3.05, 3.63) is 59.4 Å². The number of nitrogens with one attached hydrogen (secondary N) is 3. The summed E-state index contributed by atoms with van der Waals surface area (Å²) in [6.45, 7) is 1.45. The first-order valence-corrected chi connectivity index (χ1v) is 9.62. The molecule has 0 bridgehead atoms. The van der Waals surface area contributed by atoms with E-state index in [9.17, 15) is 27.6 Å². The van der Waals surface area contributed by atoms with Crippen molar-refractivity contribution in [2.24, 2.45) is 0 Å². The lowest BCUT2D eigenvalue weighted by atomic mass is 9.92. The molecule has 0 spiro atoms. The molecule has 4 rings (SSSR count). The summed E-state index contributed by atoms with van der Waals surface area (Å²) in [7, 11) is 1.32. The van der Waals surface area contributed by atoms with Crippen LogP contribution in [0.15, 0.2) is 42.6 Å². The fourth-order valence-electron chi connectivity index (χ4n) is 3.35. The number of hydrogen-bond donors (Lipinski definition) is 3. The molecule has 1 saturated heterocycles. The van der Waals surface area contributed by atoms with Crippen LogP contribution in [-0.4, -0.2) is 44.9 Å². The lowest BCUT2D eigenvalue weighted by Gasteiger charge is -2.21. The number of hydrogen-bond acceptors (Lipinski definition) is 7. The maximum atomic E-state index is 13.9. The fourth-order valence-corrected chi connectivity index (χ4v) is 3.35. The van der Waals surface area contributed by atoms with Crippen molar-refractivity contribution in [2.75, 3.05) is 12.4 Å². The zero-order valence-electron chi connectivity index (χ0n) is 17.6. The van der Waals surface area contributed by atoms with Gasteiger partial charge in [-0.05, 0) is 30.7 Å². The summed E-state index contributed by atoms with van der Waals surface area (Å²) in [6, 6.07) is 7.62. The van der Waals surface area contributed by atoms with Gasteiger partial charge in [-0.3, -0.25) is 14.9 Å². The molecule has 1 fully saturated rings. The summed E-state index contributed by atoms with van der Waals surface area (Å²) in [6.07, 6.45) is -4.19. The minimum absolute atomic E-state index is 0.0862.